The first-order valence-corrected chi connectivity index (χ1v) is 15.8. The number of anilines is 2. The molecule has 0 unspecified atom stereocenters. The van der Waals surface area contributed by atoms with Gasteiger partial charge in [0.2, 0.25) is 6.79 Å². The van der Waals surface area contributed by atoms with Crippen molar-refractivity contribution in [1.29, 1.82) is 0 Å². The highest BCUT2D eigenvalue weighted by atomic mass is 16.7. The SMILES string of the molecule is C[C@@H]1CN([C@@H](C)CO)C(=O)c2cc(NC(=O)Nc3ccc4c(c3)OCO4)ccc2O[C@@H]1CN(C)Cc1ccc(-c2ccccc2)cc1. The third-order valence-electron chi connectivity index (χ3n) is 8.56. The smallest absolute Gasteiger partial charge is 0.323 e. The Kier molecular flexibility index (Phi) is 9.60. The zero-order valence-corrected chi connectivity index (χ0v) is 26.8. The molecule has 3 amide bonds. The third-order valence-corrected chi connectivity index (χ3v) is 8.56. The second kappa shape index (κ2) is 14.1. The normalized spacial score (nSPS) is 17.7. The molecule has 0 radical (unpaired) electrons. The van der Waals surface area contributed by atoms with Crippen LogP contribution in [0.5, 0.6) is 17.2 Å². The molecule has 3 N–H and O–H groups in total. The molecule has 2 aliphatic heterocycles. The Morgan fingerprint density at radius 3 is 2.30 bits per heavy atom. The van der Waals surface area contributed by atoms with Gasteiger partial charge in [-0.2, -0.15) is 0 Å². The summed E-state index contributed by atoms with van der Waals surface area (Å²) in [4.78, 5) is 30.6. The van der Waals surface area contributed by atoms with Crippen molar-refractivity contribution < 1.29 is 28.9 Å². The monoisotopic (exact) mass is 636 g/mol. The van der Waals surface area contributed by atoms with Crippen molar-refractivity contribution in [2.75, 3.05) is 44.2 Å². The largest absolute Gasteiger partial charge is 0.488 e. The Labute approximate surface area is 274 Å². The lowest BCUT2D eigenvalue weighted by Gasteiger charge is -2.38. The highest BCUT2D eigenvalue weighted by Crippen LogP contribution is 2.35. The number of rotatable bonds is 9. The predicted octanol–water partition coefficient (Wildman–Crippen LogP) is 6.08. The number of aliphatic hydroxyl groups is 1. The minimum Gasteiger partial charge on any atom is -0.488 e. The van der Waals surface area contributed by atoms with Gasteiger partial charge in [0, 0.05) is 43.0 Å². The van der Waals surface area contributed by atoms with Crippen LogP contribution >= 0.6 is 0 Å². The summed E-state index contributed by atoms with van der Waals surface area (Å²) >= 11 is 0. The molecule has 0 aliphatic carbocycles. The van der Waals surface area contributed by atoms with Gasteiger partial charge < -0.3 is 34.9 Å². The first-order chi connectivity index (χ1) is 22.8. The van der Waals surface area contributed by atoms with Gasteiger partial charge in [0.05, 0.1) is 18.2 Å². The van der Waals surface area contributed by atoms with Gasteiger partial charge in [0.1, 0.15) is 11.9 Å². The number of hydrogen-bond donors (Lipinski definition) is 3. The summed E-state index contributed by atoms with van der Waals surface area (Å²) in [6, 6.07) is 28.2. The summed E-state index contributed by atoms with van der Waals surface area (Å²) in [6.07, 6.45) is -0.239. The van der Waals surface area contributed by atoms with Gasteiger partial charge in [-0.1, -0.05) is 61.5 Å². The number of hydrogen-bond acceptors (Lipinski definition) is 7. The number of carbonyl (C=O) groups is 2. The lowest BCUT2D eigenvalue weighted by atomic mass is 9.99. The van der Waals surface area contributed by atoms with Crippen LogP contribution in [0.2, 0.25) is 0 Å². The van der Waals surface area contributed by atoms with Crippen LogP contribution in [0, 0.1) is 5.92 Å². The van der Waals surface area contributed by atoms with E-state index in [1.807, 2.05) is 25.1 Å². The van der Waals surface area contributed by atoms with Crippen molar-refractivity contribution in [3.8, 4) is 28.4 Å². The van der Waals surface area contributed by atoms with Crippen LogP contribution < -0.4 is 24.8 Å². The maximum absolute atomic E-state index is 13.8. The molecule has 10 heteroatoms. The minimum absolute atomic E-state index is 0.0192. The van der Waals surface area contributed by atoms with Crippen molar-refractivity contribution >= 4 is 23.3 Å². The molecular formula is C37H40N4O6. The lowest BCUT2D eigenvalue weighted by molar-refractivity contribution is 0.0341. The van der Waals surface area contributed by atoms with Gasteiger partial charge in [-0.25, -0.2) is 4.79 Å². The number of ether oxygens (including phenoxy) is 3. The topological polar surface area (TPSA) is 113 Å². The first-order valence-electron chi connectivity index (χ1n) is 15.8. The molecule has 4 aromatic carbocycles. The summed E-state index contributed by atoms with van der Waals surface area (Å²) in [5, 5.41) is 15.6. The van der Waals surface area contributed by atoms with Gasteiger partial charge in [0.25, 0.3) is 5.91 Å². The van der Waals surface area contributed by atoms with Crippen LogP contribution in [0.15, 0.2) is 91.0 Å². The number of likely N-dealkylation sites (N-methyl/N-ethyl adjacent to an activating group) is 1. The van der Waals surface area contributed by atoms with E-state index in [-0.39, 0.29) is 31.3 Å². The molecule has 244 valence electrons. The van der Waals surface area contributed by atoms with Crippen LogP contribution in [0.1, 0.15) is 29.8 Å². The van der Waals surface area contributed by atoms with Crippen molar-refractivity contribution in [2.45, 2.75) is 32.5 Å². The minimum atomic E-state index is -0.478. The molecule has 0 fully saturated rings. The van der Waals surface area contributed by atoms with Crippen molar-refractivity contribution in [3.05, 3.63) is 102 Å². The molecule has 2 heterocycles. The summed E-state index contributed by atoms with van der Waals surface area (Å²) in [6.45, 7) is 5.62. The summed E-state index contributed by atoms with van der Waals surface area (Å²) < 4.78 is 17.3. The second-order valence-corrected chi connectivity index (χ2v) is 12.2. The Bertz CT molecular complexity index is 1710. The Hall–Kier alpha value is -5.06. The number of amides is 3. The van der Waals surface area contributed by atoms with Crippen LogP contribution in [-0.4, -0.2) is 72.5 Å². The van der Waals surface area contributed by atoms with Crippen molar-refractivity contribution in [2.24, 2.45) is 5.92 Å². The highest BCUT2D eigenvalue weighted by Gasteiger charge is 2.33. The van der Waals surface area contributed by atoms with E-state index in [1.54, 1.807) is 41.3 Å². The molecule has 10 nitrogen and oxygen atoms in total. The number of nitrogens with zero attached hydrogens (tertiary/aromatic N) is 2. The fourth-order valence-corrected chi connectivity index (χ4v) is 5.90. The maximum atomic E-state index is 13.8. The average Bonchev–Trinajstić information content (AvgIpc) is 3.55. The van der Waals surface area contributed by atoms with Crippen LogP contribution in [0.3, 0.4) is 0 Å². The molecule has 0 saturated heterocycles. The summed E-state index contributed by atoms with van der Waals surface area (Å²) in [5.41, 5.74) is 4.83. The van der Waals surface area contributed by atoms with E-state index in [4.69, 9.17) is 14.2 Å². The maximum Gasteiger partial charge on any atom is 0.323 e. The van der Waals surface area contributed by atoms with E-state index >= 15 is 0 Å². The van der Waals surface area contributed by atoms with E-state index in [0.29, 0.717) is 47.3 Å². The fraction of sp³-hybridized carbons (Fsp3) is 0.297. The third kappa shape index (κ3) is 7.51. The molecule has 0 aromatic heterocycles. The molecule has 4 aromatic rings. The molecular weight excluding hydrogens is 596 g/mol. The Morgan fingerprint density at radius 1 is 0.915 bits per heavy atom. The zero-order valence-electron chi connectivity index (χ0n) is 26.8. The van der Waals surface area contributed by atoms with E-state index in [9.17, 15) is 14.7 Å². The second-order valence-electron chi connectivity index (χ2n) is 12.2. The molecule has 0 spiro atoms. The predicted molar refractivity (Wildman–Crippen MR) is 181 cm³/mol. The first kappa shape index (κ1) is 31.9. The van der Waals surface area contributed by atoms with E-state index in [1.165, 1.54) is 16.7 Å². The van der Waals surface area contributed by atoms with Gasteiger partial charge in [-0.3, -0.25) is 9.69 Å². The highest BCUT2D eigenvalue weighted by molar-refractivity contribution is 6.02. The molecule has 6 rings (SSSR count). The molecule has 0 bridgehead atoms. The van der Waals surface area contributed by atoms with Gasteiger partial charge in [0.15, 0.2) is 11.5 Å². The quantitative estimate of drug-likeness (QED) is 0.204. The van der Waals surface area contributed by atoms with Crippen LogP contribution in [-0.2, 0) is 6.54 Å². The van der Waals surface area contributed by atoms with Gasteiger partial charge in [-0.15, -0.1) is 0 Å². The average molecular weight is 637 g/mol. The van der Waals surface area contributed by atoms with Crippen LogP contribution in [0.25, 0.3) is 11.1 Å². The van der Waals surface area contributed by atoms with Crippen molar-refractivity contribution in [1.82, 2.24) is 9.80 Å². The lowest BCUT2D eigenvalue weighted by Crippen LogP contribution is -2.49. The number of benzene rings is 4. The van der Waals surface area contributed by atoms with Gasteiger partial charge >= 0.3 is 6.03 Å². The Morgan fingerprint density at radius 2 is 1.57 bits per heavy atom. The summed E-state index contributed by atoms with van der Waals surface area (Å²) in [7, 11) is 2.06. The molecule has 3 atom stereocenters. The van der Waals surface area contributed by atoms with Crippen LogP contribution in [0.4, 0.5) is 16.2 Å². The number of nitrogens with one attached hydrogen (secondary N) is 2. The number of urea groups is 1. The van der Waals surface area contributed by atoms with E-state index in [0.717, 1.165) is 6.54 Å². The standard InChI is InChI=1S/C37H40N4O6/c1-24-19-41(25(2)22-42)36(43)31-17-29(38-37(44)39-30-14-16-33-34(18-30)46-23-45-33)13-15-32(31)47-35(24)21-40(3)20-26-9-11-28(12-10-26)27-7-5-4-6-8-27/h4-18,24-25,35,42H,19-23H2,1-3H3,(H2,38,39,44)/t24-,25+,35-/m1/s1. The van der Waals surface area contributed by atoms with Crippen molar-refractivity contribution in [3.63, 3.8) is 0 Å². The number of aliphatic hydroxyl groups excluding tert-OH is 1. The molecule has 2 aliphatic rings. The Balaban J connectivity index is 1.17. The van der Waals surface area contributed by atoms with E-state index < -0.39 is 12.1 Å². The zero-order chi connectivity index (χ0) is 32.9. The van der Waals surface area contributed by atoms with Gasteiger partial charge in [-0.05, 0) is 61.0 Å². The molecule has 47 heavy (non-hydrogen) atoms. The molecule has 0 saturated carbocycles. The van der Waals surface area contributed by atoms with E-state index in [2.05, 4.69) is 65.9 Å². The number of carbonyl (C=O) groups excluding carboxylic acids is 2. The fourth-order valence-electron chi connectivity index (χ4n) is 5.90. The summed E-state index contributed by atoms with van der Waals surface area (Å²) in [5.74, 6) is 1.33. The number of fused-ring (bicyclic) bond motifs is 2.